The molecule has 0 bridgehead atoms. The molecule has 0 saturated heterocycles. The van der Waals surface area contributed by atoms with Crippen LogP contribution in [0.15, 0.2) is 29.9 Å². The number of nitrogens with zero attached hydrogens (tertiary/aromatic N) is 1. The Hall–Kier alpha value is -1.88. The van der Waals surface area contributed by atoms with Crippen LogP contribution < -0.4 is 11.5 Å². The summed E-state index contributed by atoms with van der Waals surface area (Å²) in [6, 6.07) is 3.63. The van der Waals surface area contributed by atoms with E-state index in [4.69, 9.17) is 11.5 Å². The summed E-state index contributed by atoms with van der Waals surface area (Å²) in [5.74, 6) is -0.499. The van der Waals surface area contributed by atoms with E-state index in [1.165, 1.54) is 11.3 Å². The smallest absolute Gasteiger partial charge is 0.252 e. The fourth-order valence-corrected chi connectivity index (χ4v) is 2.20. The van der Waals surface area contributed by atoms with E-state index in [0.717, 1.165) is 11.1 Å². The van der Waals surface area contributed by atoms with Gasteiger partial charge < -0.3 is 11.5 Å². The molecule has 76 valence electrons. The molecule has 0 unspecified atom stereocenters. The first-order valence-electron chi connectivity index (χ1n) is 4.27. The van der Waals surface area contributed by atoms with Gasteiger partial charge in [0.2, 0.25) is 0 Å². The largest absolute Gasteiger partial charge is 0.390 e. The molecule has 2 aromatic heterocycles. The number of anilines is 1. The van der Waals surface area contributed by atoms with Gasteiger partial charge >= 0.3 is 0 Å². The first-order chi connectivity index (χ1) is 7.20. The molecule has 0 atom stereocenters. The number of hydrogen-bond acceptors (Lipinski definition) is 4. The van der Waals surface area contributed by atoms with Crippen LogP contribution in [0.4, 0.5) is 5.00 Å². The van der Waals surface area contributed by atoms with Gasteiger partial charge in [-0.1, -0.05) is 0 Å². The molecule has 0 aromatic carbocycles. The fraction of sp³-hybridized carbons (Fsp3) is 0. The molecule has 0 aliphatic heterocycles. The van der Waals surface area contributed by atoms with E-state index in [1.807, 2.05) is 17.5 Å². The molecule has 0 fully saturated rings. The van der Waals surface area contributed by atoms with Gasteiger partial charge in [0, 0.05) is 23.3 Å². The van der Waals surface area contributed by atoms with Crippen LogP contribution in [0.2, 0.25) is 0 Å². The molecular formula is C10H9N3OS. The van der Waals surface area contributed by atoms with Crippen LogP contribution in [0, 0.1) is 0 Å². The van der Waals surface area contributed by atoms with Crippen molar-refractivity contribution in [2.45, 2.75) is 0 Å². The quantitative estimate of drug-likeness (QED) is 0.802. The summed E-state index contributed by atoms with van der Waals surface area (Å²) < 4.78 is 0. The summed E-state index contributed by atoms with van der Waals surface area (Å²) in [4.78, 5) is 15.1. The van der Waals surface area contributed by atoms with Gasteiger partial charge in [-0.2, -0.15) is 0 Å². The second kappa shape index (κ2) is 3.70. The van der Waals surface area contributed by atoms with Gasteiger partial charge in [-0.05, 0) is 17.7 Å². The van der Waals surface area contributed by atoms with Gasteiger partial charge in [-0.25, -0.2) is 0 Å². The van der Waals surface area contributed by atoms with E-state index in [2.05, 4.69) is 4.98 Å². The van der Waals surface area contributed by atoms with E-state index in [0.29, 0.717) is 10.6 Å². The molecule has 2 rings (SSSR count). The fourth-order valence-electron chi connectivity index (χ4n) is 1.37. The van der Waals surface area contributed by atoms with Crippen molar-refractivity contribution < 1.29 is 4.79 Å². The molecular weight excluding hydrogens is 210 g/mol. The molecule has 1 amide bonds. The molecule has 2 heterocycles. The third-order valence-electron chi connectivity index (χ3n) is 2.06. The number of aromatic nitrogens is 1. The number of hydrogen-bond donors (Lipinski definition) is 2. The zero-order chi connectivity index (χ0) is 10.8. The summed E-state index contributed by atoms with van der Waals surface area (Å²) in [6.45, 7) is 0. The zero-order valence-electron chi connectivity index (χ0n) is 7.81. The maximum absolute atomic E-state index is 11.2. The Morgan fingerprint density at radius 2 is 2.00 bits per heavy atom. The van der Waals surface area contributed by atoms with Crippen LogP contribution in [0.5, 0.6) is 0 Å². The van der Waals surface area contributed by atoms with Crippen molar-refractivity contribution in [3.05, 3.63) is 35.5 Å². The molecule has 15 heavy (non-hydrogen) atoms. The predicted octanol–water partition coefficient (Wildman–Crippen LogP) is 1.49. The topological polar surface area (TPSA) is 82.0 Å². The highest BCUT2D eigenvalue weighted by molar-refractivity contribution is 7.15. The van der Waals surface area contributed by atoms with Crippen molar-refractivity contribution >= 4 is 22.2 Å². The normalized spacial score (nSPS) is 10.1. The zero-order valence-corrected chi connectivity index (χ0v) is 8.62. The van der Waals surface area contributed by atoms with Crippen LogP contribution in [0.25, 0.3) is 11.1 Å². The lowest BCUT2D eigenvalue weighted by Gasteiger charge is -2.00. The Balaban J connectivity index is 2.59. The first-order valence-corrected chi connectivity index (χ1v) is 5.15. The van der Waals surface area contributed by atoms with Crippen molar-refractivity contribution in [3.63, 3.8) is 0 Å². The lowest BCUT2D eigenvalue weighted by molar-refractivity contribution is 0.100. The monoisotopic (exact) mass is 219 g/mol. The highest BCUT2D eigenvalue weighted by Gasteiger charge is 2.15. The summed E-state index contributed by atoms with van der Waals surface area (Å²) in [6.07, 6.45) is 3.32. The second-order valence-electron chi connectivity index (χ2n) is 2.99. The molecule has 0 spiro atoms. The van der Waals surface area contributed by atoms with E-state index in [1.54, 1.807) is 12.4 Å². The van der Waals surface area contributed by atoms with E-state index in [9.17, 15) is 4.79 Å². The van der Waals surface area contributed by atoms with Crippen LogP contribution in [0.1, 0.15) is 10.4 Å². The molecule has 4 N–H and O–H groups in total. The number of amides is 1. The number of nitrogens with two attached hydrogens (primary N) is 2. The van der Waals surface area contributed by atoms with Crippen molar-refractivity contribution in [1.29, 1.82) is 0 Å². The van der Waals surface area contributed by atoms with Gasteiger partial charge in [0.05, 0.1) is 10.6 Å². The number of primary amides is 1. The third-order valence-corrected chi connectivity index (χ3v) is 2.87. The predicted molar refractivity (Wildman–Crippen MR) is 60.5 cm³/mol. The Bertz CT molecular complexity index is 493. The number of rotatable bonds is 2. The lowest BCUT2D eigenvalue weighted by Crippen LogP contribution is -2.12. The van der Waals surface area contributed by atoms with Gasteiger partial charge in [0.25, 0.3) is 5.91 Å². The average Bonchev–Trinajstić information content (AvgIpc) is 2.61. The summed E-state index contributed by atoms with van der Waals surface area (Å²) in [5.41, 5.74) is 13.0. The van der Waals surface area contributed by atoms with Crippen LogP contribution in [-0.4, -0.2) is 10.9 Å². The molecule has 0 aliphatic carbocycles. The summed E-state index contributed by atoms with van der Waals surface area (Å²) >= 11 is 1.31. The van der Waals surface area contributed by atoms with Crippen molar-refractivity contribution in [1.82, 2.24) is 4.98 Å². The Morgan fingerprint density at radius 1 is 1.33 bits per heavy atom. The lowest BCUT2D eigenvalue weighted by atomic mass is 10.1. The highest BCUT2D eigenvalue weighted by atomic mass is 32.1. The Morgan fingerprint density at radius 3 is 2.60 bits per heavy atom. The standard InChI is InChI=1S/C10H9N3OS/c11-9(14)8-7(5-15-10(8)12)6-1-3-13-4-2-6/h1-5H,12H2,(H2,11,14). The van der Waals surface area contributed by atoms with Crippen LogP contribution in [0.3, 0.4) is 0 Å². The van der Waals surface area contributed by atoms with Crippen LogP contribution >= 0.6 is 11.3 Å². The number of nitrogen functional groups attached to an aromatic ring is 1. The van der Waals surface area contributed by atoms with Gasteiger partial charge in [-0.15, -0.1) is 11.3 Å². The molecule has 4 nitrogen and oxygen atoms in total. The van der Waals surface area contributed by atoms with Crippen molar-refractivity contribution in [3.8, 4) is 11.1 Å². The maximum atomic E-state index is 11.2. The number of pyridine rings is 1. The highest BCUT2D eigenvalue weighted by Crippen LogP contribution is 2.32. The molecule has 5 heteroatoms. The number of thiophene rings is 1. The maximum Gasteiger partial charge on any atom is 0.252 e. The summed E-state index contributed by atoms with van der Waals surface area (Å²) in [5, 5.41) is 2.28. The molecule has 0 saturated carbocycles. The van der Waals surface area contributed by atoms with Crippen LogP contribution in [-0.2, 0) is 0 Å². The molecule has 0 aliphatic rings. The minimum absolute atomic E-state index is 0.395. The second-order valence-corrected chi connectivity index (χ2v) is 3.90. The third kappa shape index (κ3) is 1.69. The molecule has 2 aromatic rings. The van der Waals surface area contributed by atoms with E-state index < -0.39 is 5.91 Å². The Kier molecular flexibility index (Phi) is 2.39. The summed E-state index contributed by atoms with van der Waals surface area (Å²) in [7, 11) is 0. The number of carbonyl (C=O) groups is 1. The van der Waals surface area contributed by atoms with E-state index >= 15 is 0 Å². The number of carbonyl (C=O) groups excluding carboxylic acids is 1. The minimum Gasteiger partial charge on any atom is -0.390 e. The van der Waals surface area contributed by atoms with Gasteiger partial charge in [-0.3, -0.25) is 9.78 Å². The SMILES string of the molecule is NC(=O)c1c(-c2ccncc2)csc1N. The van der Waals surface area contributed by atoms with Crippen molar-refractivity contribution in [2.24, 2.45) is 5.73 Å². The molecule has 0 radical (unpaired) electrons. The average molecular weight is 219 g/mol. The van der Waals surface area contributed by atoms with Gasteiger partial charge in [0.15, 0.2) is 0 Å². The minimum atomic E-state index is -0.499. The van der Waals surface area contributed by atoms with E-state index in [-0.39, 0.29) is 0 Å². The first kappa shape index (κ1) is 9.67. The van der Waals surface area contributed by atoms with Gasteiger partial charge in [0.1, 0.15) is 0 Å². The van der Waals surface area contributed by atoms with Crippen molar-refractivity contribution in [2.75, 3.05) is 5.73 Å². The Labute approximate surface area is 90.6 Å².